The first-order valence-corrected chi connectivity index (χ1v) is 10.9. The van der Waals surface area contributed by atoms with Crippen LogP contribution in [0.2, 0.25) is 0 Å². The van der Waals surface area contributed by atoms with Crippen molar-refractivity contribution in [1.82, 2.24) is 20.3 Å². The van der Waals surface area contributed by atoms with Crippen LogP contribution in [0.25, 0.3) is 17.3 Å². The minimum atomic E-state index is -0.160. The number of nitrogens with one attached hydrogen (secondary N) is 1. The van der Waals surface area contributed by atoms with Crippen molar-refractivity contribution < 1.29 is 9.53 Å². The van der Waals surface area contributed by atoms with E-state index in [1.54, 1.807) is 10.8 Å². The van der Waals surface area contributed by atoms with Gasteiger partial charge in [-0.15, -0.1) is 5.10 Å². The van der Waals surface area contributed by atoms with Crippen LogP contribution >= 0.6 is 0 Å². The molecule has 160 valence electrons. The van der Waals surface area contributed by atoms with Crippen LogP contribution < -0.4 is 10.1 Å². The highest BCUT2D eigenvalue weighted by molar-refractivity contribution is 5.91. The summed E-state index contributed by atoms with van der Waals surface area (Å²) in [5.41, 5.74) is 3.55. The van der Waals surface area contributed by atoms with Crippen LogP contribution in [0.1, 0.15) is 43.4 Å². The monoisotopic (exact) mass is 416 g/mol. The Morgan fingerprint density at radius 1 is 1.10 bits per heavy atom. The molecule has 0 unspecified atom stereocenters. The SMILES string of the molecule is Cn1nnc(-c2ccc(OC3CCCCC3)cc2)c1CNC(=O)/C=C/c1ccccc1. The molecule has 1 N–H and O–H groups in total. The molecule has 0 atom stereocenters. The summed E-state index contributed by atoms with van der Waals surface area (Å²) in [6, 6.07) is 17.7. The van der Waals surface area contributed by atoms with Gasteiger partial charge in [0.1, 0.15) is 11.4 Å². The number of benzene rings is 2. The number of aromatic nitrogens is 3. The van der Waals surface area contributed by atoms with E-state index < -0.39 is 0 Å². The van der Waals surface area contributed by atoms with E-state index in [-0.39, 0.29) is 5.91 Å². The largest absolute Gasteiger partial charge is 0.490 e. The third-order valence-electron chi connectivity index (χ3n) is 5.58. The Labute approximate surface area is 182 Å². The van der Waals surface area contributed by atoms with Gasteiger partial charge in [-0.25, -0.2) is 4.68 Å². The second-order valence-electron chi connectivity index (χ2n) is 7.87. The zero-order chi connectivity index (χ0) is 21.5. The third kappa shape index (κ3) is 5.60. The van der Waals surface area contributed by atoms with E-state index in [0.29, 0.717) is 12.6 Å². The molecule has 1 amide bonds. The Morgan fingerprint density at radius 3 is 2.58 bits per heavy atom. The number of hydrogen-bond acceptors (Lipinski definition) is 4. The topological polar surface area (TPSA) is 69.0 Å². The van der Waals surface area contributed by atoms with Crippen LogP contribution in [-0.2, 0) is 18.4 Å². The molecule has 0 bridgehead atoms. The Balaban J connectivity index is 1.39. The Bertz CT molecular complexity index is 1020. The van der Waals surface area contributed by atoms with Gasteiger partial charge >= 0.3 is 0 Å². The van der Waals surface area contributed by atoms with Crippen molar-refractivity contribution in [3.05, 3.63) is 71.9 Å². The maximum absolute atomic E-state index is 12.2. The minimum absolute atomic E-state index is 0.160. The maximum Gasteiger partial charge on any atom is 0.244 e. The second kappa shape index (κ2) is 10.1. The smallest absolute Gasteiger partial charge is 0.244 e. The molecule has 31 heavy (non-hydrogen) atoms. The van der Waals surface area contributed by atoms with E-state index >= 15 is 0 Å². The average Bonchev–Trinajstić information content (AvgIpc) is 3.18. The van der Waals surface area contributed by atoms with E-state index in [0.717, 1.165) is 41.1 Å². The van der Waals surface area contributed by atoms with E-state index in [4.69, 9.17) is 4.74 Å². The highest BCUT2D eigenvalue weighted by Gasteiger charge is 2.16. The first kappa shape index (κ1) is 20.8. The van der Waals surface area contributed by atoms with Crippen molar-refractivity contribution in [3.8, 4) is 17.0 Å². The molecular weight excluding hydrogens is 388 g/mol. The molecule has 6 heteroatoms. The lowest BCUT2D eigenvalue weighted by Gasteiger charge is -2.23. The van der Waals surface area contributed by atoms with Crippen molar-refractivity contribution in [1.29, 1.82) is 0 Å². The molecule has 6 nitrogen and oxygen atoms in total. The summed E-state index contributed by atoms with van der Waals surface area (Å²) >= 11 is 0. The van der Waals surface area contributed by atoms with Gasteiger partial charge in [0.15, 0.2) is 0 Å². The van der Waals surface area contributed by atoms with Crippen molar-refractivity contribution in [2.45, 2.75) is 44.8 Å². The zero-order valence-corrected chi connectivity index (χ0v) is 17.8. The molecule has 1 aliphatic carbocycles. The van der Waals surface area contributed by atoms with Crippen molar-refractivity contribution in [2.24, 2.45) is 7.05 Å². The molecule has 3 aromatic rings. The number of carbonyl (C=O) groups is 1. The van der Waals surface area contributed by atoms with E-state index in [9.17, 15) is 4.79 Å². The number of aryl methyl sites for hydroxylation is 1. The highest BCUT2D eigenvalue weighted by atomic mass is 16.5. The van der Waals surface area contributed by atoms with Gasteiger partial charge in [-0.3, -0.25) is 4.79 Å². The first-order valence-electron chi connectivity index (χ1n) is 10.9. The summed E-state index contributed by atoms with van der Waals surface area (Å²) in [7, 11) is 1.83. The summed E-state index contributed by atoms with van der Waals surface area (Å²) in [6.07, 6.45) is 9.73. The molecule has 4 rings (SSSR count). The second-order valence-corrected chi connectivity index (χ2v) is 7.87. The molecule has 1 aliphatic rings. The molecule has 0 radical (unpaired) electrons. The summed E-state index contributed by atoms with van der Waals surface area (Å²) < 4.78 is 7.82. The molecule has 2 aromatic carbocycles. The number of nitrogens with zero attached hydrogens (tertiary/aromatic N) is 3. The molecule has 1 aromatic heterocycles. The summed E-state index contributed by atoms with van der Waals surface area (Å²) in [5.74, 6) is 0.729. The molecule has 0 spiro atoms. The lowest BCUT2D eigenvalue weighted by molar-refractivity contribution is -0.116. The number of ether oxygens (including phenoxy) is 1. The van der Waals surface area contributed by atoms with Crippen LogP contribution in [0.15, 0.2) is 60.7 Å². The van der Waals surface area contributed by atoms with Gasteiger partial charge in [0.2, 0.25) is 5.91 Å². The maximum atomic E-state index is 12.2. The summed E-state index contributed by atoms with van der Waals surface area (Å²) in [5, 5.41) is 11.4. The van der Waals surface area contributed by atoms with Crippen molar-refractivity contribution in [3.63, 3.8) is 0 Å². The van der Waals surface area contributed by atoms with Gasteiger partial charge < -0.3 is 10.1 Å². The predicted molar refractivity (Wildman–Crippen MR) is 121 cm³/mol. The first-order chi connectivity index (χ1) is 15.2. The summed E-state index contributed by atoms with van der Waals surface area (Å²) in [4.78, 5) is 12.2. The molecule has 0 saturated heterocycles. The third-order valence-corrected chi connectivity index (χ3v) is 5.58. The Hall–Kier alpha value is -3.41. The minimum Gasteiger partial charge on any atom is -0.490 e. The lowest BCUT2D eigenvalue weighted by Crippen LogP contribution is -2.22. The average molecular weight is 417 g/mol. The standard InChI is InChI=1S/C25H28N4O2/c1-29-23(18-26-24(30)17-12-19-8-4-2-5-9-19)25(27-28-29)20-13-15-22(16-14-20)31-21-10-6-3-7-11-21/h2,4-5,8-9,12-17,21H,3,6-7,10-11,18H2,1H3,(H,26,30)/b17-12+. The number of carbonyl (C=O) groups excluding carboxylic acids is 1. The fraction of sp³-hybridized carbons (Fsp3) is 0.320. The summed E-state index contributed by atoms with van der Waals surface area (Å²) in [6.45, 7) is 0.344. The van der Waals surface area contributed by atoms with E-state index in [1.165, 1.54) is 25.3 Å². The van der Waals surface area contributed by atoms with Gasteiger partial charge in [0.05, 0.1) is 18.3 Å². The molecule has 0 aliphatic heterocycles. The van der Waals surface area contributed by atoms with Gasteiger partial charge in [0, 0.05) is 18.7 Å². The van der Waals surface area contributed by atoms with Gasteiger partial charge in [0.25, 0.3) is 0 Å². The van der Waals surface area contributed by atoms with Crippen molar-refractivity contribution >= 4 is 12.0 Å². The Kier molecular flexibility index (Phi) is 6.77. The lowest BCUT2D eigenvalue weighted by atomic mass is 9.98. The predicted octanol–water partition coefficient (Wildman–Crippen LogP) is 4.52. The quantitative estimate of drug-likeness (QED) is 0.575. The molecule has 1 heterocycles. The van der Waals surface area contributed by atoms with Crippen LogP contribution in [0.4, 0.5) is 0 Å². The zero-order valence-electron chi connectivity index (χ0n) is 17.8. The molecule has 1 fully saturated rings. The molecule has 1 saturated carbocycles. The Morgan fingerprint density at radius 2 is 1.84 bits per heavy atom. The van der Waals surface area contributed by atoms with Gasteiger partial charge in [-0.2, -0.15) is 0 Å². The van der Waals surface area contributed by atoms with Crippen LogP contribution in [0.5, 0.6) is 5.75 Å². The number of amides is 1. The highest BCUT2D eigenvalue weighted by Crippen LogP contribution is 2.27. The number of rotatable bonds is 7. The fourth-order valence-electron chi connectivity index (χ4n) is 3.83. The van der Waals surface area contributed by atoms with Crippen molar-refractivity contribution in [2.75, 3.05) is 0 Å². The van der Waals surface area contributed by atoms with Gasteiger partial charge in [-0.05, 0) is 61.6 Å². The van der Waals surface area contributed by atoms with Gasteiger partial charge in [-0.1, -0.05) is 42.0 Å². The van der Waals surface area contributed by atoms with Crippen LogP contribution in [0, 0.1) is 0 Å². The van der Waals surface area contributed by atoms with Crippen LogP contribution in [0.3, 0.4) is 0 Å². The molecular formula is C25H28N4O2. The fourth-order valence-corrected chi connectivity index (χ4v) is 3.83. The van der Waals surface area contributed by atoms with E-state index in [1.807, 2.05) is 61.6 Å². The normalized spacial score (nSPS) is 14.6. The van der Waals surface area contributed by atoms with Crippen LogP contribution in [-0.4, -0.2) is 27.0 Å². The van der Waals surface area contributed by atoms with E-state index in [2.05, 4.69) is 15.6 Å². The number of hydrogen-bond donors (Lipinski definition) is 1.